The van der Waals surface area contributed by atoms with E-state index in [-0.39, 0.29) is 24.1 Å². The summed E-state index contributed by atoms with van der Waals surface area (Å²) in [6.45, 7) is 3.85. The summed E-state index contributed by atoms with van der Waals surface area (Å²) in [4.78, 5) is 4.30. The second-order valence-electron chi connectivity index (χ2n) is 7.90. The van der Waals surface area contributed by atoms with Crippen molar-refractivity contribution in [3.8, 4) is 22.3 Å². The van der Waals surface area contributed by atoms with Gasteiger partial charge in [0.2, 0.25) is 5.88 Å². The largest absolute Gasteiger partial charge is 0.382 e. The highest BCUT2D eigenvalue weighted by Gasteiger charge is 2.32. The predicted octanol–water partition coefficient (Wildman–Crippen LogP) is 4.84. The van der Waals surface area contributed by atoms with E-state index < -0.39 is 10.0 Å². The van der Waals surface area contributed by atoms with Gasteiger partial charge in [-0.15, -0.1) is 0 Å². The fourth-order valence-corrected chi connectivity index (χ4v) is 5.14. The SMILES string of the molecule is COCCOCN(c1onc(C)c1C)S(=O)(=O)c1ccccc1-c1ccc(-c2cccnc2)cc1. The Kier molecular flexibility index (Phi) is 7.60. The van der Waals surface area contributed by atoms with Gasteiger partial charge < -0.3 is 14.0 Å². The zero-order valence-corrected chi connectivity index (χ0v) is 20.7. The zero-order valence-electron chi connectivity index (χ0n) is 19.8. The van der Waals surface area contributed by atoms with E-state index in [0.29, 0.717) is 23.4 Å². The Hall–Kier alpha value is -3.53. The topological polar surface area (TPSA) is 94.8 Å². The third-order valence-electron chi connectivity index (χ3n) is 5.65. The maximum absolute atomic E-state index is 14.0. The zero-order chi connectivity index (χ0) is 24.8. The maximum Gasteiger partial charge on any atom is 0.269 e. The van der Waals surface area contributed by atoms with E-state index in [1.54, 1.807) is 51.6 Å². The minimum absolute atomic E-state index is 0.127. The molecule has 2 aromatic carbocycles. The lowest BCUT2D eigenvalue weighted by Crippen LogP contribution is -2.34. The van der Waals surface area contributed by atoms with Gasteiger partial charge in [0.15, 0.2) is 0 Å². The molecule has 0 unspecified atom stereocenters. The van der Waals surface area contributed by atoms with Crippen LogP contribution in [0.25, 0.3) is 22.3 Å². The minimum atomic E-state index is -4.07. The van der Waals surface area contributed by atoms with Crippen LogP contribution in [-0.4, -0.2) is 45.6 Å². The Balaban J connectivity index is 1.73. The van der Waals surface area contributed by atoms with Crippen LogP contribution in [0.1, 0.15) is 11.3 Å². The third-order valence-corrected chi connectivity index (χ3v) is 7.41. The summed E-state index contributed by atoms with van der Waals surface area (Å²) in [5.41, 5.74) is 4.54. The fraction of sp³-hybridized carbons (Fsp3) is 0.231. The van der Waals surface area contributed by atoms with Gasteiger partial charge in [0, 0.05) is 30.6 Å². The van der Waals surface area contributed by atoms with E-state index in [9.17, 15) is 8.42 Å². The summed E-state index contributed by atoms with van der Waals surface area (Å²) in [5, 5.41) is 3.94. The molecular weight excluding hydrogens is 466 g/mol. The molecule has 0 amide bonds. The number of nitrogens with zero attached hydrogens (tertiary/aromatic N) is 3. The Labute approximate surface area is 205 Å². The quantitative estimate of drug-likeness (QED) is 0.230. The van der Waals surface area contributed by atoms with Crippen molar-refractivity contribution < 1.29 is 22.4 Å². The van der Waals surface area contributed by atoms with Crippen LogP contribution in [0.4, 0.5) is 5.88 Å². The molecule has 182 valence electrons. The van der Waals surface area contributed by atoms with E-state index >= 15 is 0 Å². The number of aromatic nitrogens is 2. The van der Waals surface area contributed by atoms with Crippen molar-refractivity contribution in [1.82, 2.24) is 10.1 Å². The molecule has 0 aliphatic carbocycles. The summed E-state index contributed by atoms with van der Waals surface area (Å²) in [7, 11) is -2.51. The van der Waals surface area contributed by atoms with Gasteiger partial charge in [-0.25, -0.2) is 12.7 Å². The molecule has 0 fully saturated rings. The van der Waals surface area contributed by atoms with Crippen molar-refractivity contribution in [3.63, 3.8) is 0 Å². The van der Waals surface area contributed by atoms with Gasteiger partial charge >= 0.3 is 0 Å². The average molecular weight is 494 g/mol. The molecule has 8 nitrogen and oxygen atoms in total. The van der Waals surface area contributed by atoms with Crippen molar-refractivity contribution in [2.75, 3.05) is 31.4 Å². The number of sulfonamides is 1. The van der Waals surface area contributed by atoms with E-state index in [2.05, 4.69) is 10.1 Å². The Morgan fingerprint density at radius 1 is 0.914 bits per heavy atom. The van der Waals surface area contributed by atoms with Gasteiger partial charge in [0.05, 0.1) is 23.8 Å². The first-order valence-corrected chi connectivity index (χ1v) is 12.5. The van der Waals surface area contributed by atoms with Crippen LogP contribution >= 0.6 is 0 Å². The fourth-order valence-electron chi connectivity index (χ4n) is 3.59. The van der Waals surface area contributed by atoms with Gasteiger partial charge in [-0.05, 0) is 42.7 Å². The maximum atomic E-state index is 14.0. The van der Waals surface area contributed by atoms with Crippen LogP contribution in [-0.2, 0) is 19.5 Å². The van der Waals surface area contributed by atoms with Crippen LogP contribution in [0.5, 0.6) is 0 Å². The van der Waals surface area contributed by atoms with Crippen LogP contribution in [0.2, 0.25) is 0 Å². The number of aryl methyl sites for hydroxylation is 1. The number of anilines is 1. The molecule has 0 aliphatic heterocycles. The molecule has 0 radical (unpaired) electrons. The number of pyridine rings is 1. The van der Waals surface area contributed by atoms with E-state index in [4.69, 9.17) is 14.0 Å². The average Bonchev–Trinajstić information content (AvgIpc) is 3.22. The van der Waals surface area contributed by atoms with Crippen LogP contribution in [0, 0.1) is 13.8 Å². The highest BCUT2D eigenvalue weighted by atomic mass is 32.2. The molecule has 0 spiro atoms. The van der Waals surface area contributed by atoms with Gasteiger partial charge in [-0.1, -0.05) is 53.7 Å². The highest BCUT2D eigenvalue weighted by molar-refractivity contribution is 7.93. The molecule has 4 aromatic rings. The molecule has 4 rings (SSSR count). The number of ether oxygens (including phenoxy) is 2. The van der Waals surface area contributed by atoms with Crippen LogP contribution in [0.3, 0.4) is 0 Å². The Morgan fingerprint density at radius 3 is 2.31 bits per heavy atom. The number of hydrogen-bond donors (Lipinski definition) is 0. The minimum Gasteiger partial charge on any atom is -0.382 e. The molecular formula is C26H27N3O5S. The van der Waals surface area contributed by atoms with Gasteiger partial charge in [0.25, 0.3) is 10.0 Å². The summed E-state index contributed by atoms with van der Waals surface area (Å²) in [5.74, 6) is 0.127. The standard InChI is InChI=1S/C26H27N3O5S/c1-19-20(2)28-34-26(19)29(18-33-16-15-32-3)35(30,31)25-9-5-4-8-24(25)22-12-10-21(11-13-22)23-7-6-14-27-17-23/h4-14,17H,15-16,18H2,1-3H3. The molecule has 0 bridgehead atoms. The lowest BCUT2D eigenvalue weighted by Gasteiger charge is -2.23. The first-order chi connectivity index (χ1) is 16.9. The van der Waals surface area contributed by atoms with Crippen molar-refractivity contribution in [2.24, 2.45) is 0 Å². The second-order valence-corrected chi connectivity index (χ2v) is 9.73. The summed E-state index contributed by atoms with van der Waals surface area (Å²) in [6.07, 6.45) is 3.51. The van der Waals surface area contributed by atoms with Gasteiger partial charge in [0.1, 0.15) is 6.73 Å². The lowest BCUT2D eigenvalue weighted by molar-refractivity contribution is 0.0744. The molecule has 2 aromatic heterocycles. The molecule has 0 N–H and O–H groups in total. The van der Waals surface area contributed by atoms with Crippen molar-refractivity contribution in [1.29, 1.82) is 0 Å². The number of rotatable bonds is 10. The van der Waals surface area contributed by atoms with Crippen molar-refractivity contribution in [3.05, 3.63) is 84.3 Å². The van der Waals surface area contributed by atoms with Crippen molar-refractivity contribution >= 4 is 15.9 Å². The monoisotopic (exact) mass is 493 g/mol. The molecule has 0 atom stereocenters. The Bertz CT molecular complexity index is 1370. The van der Waals surface area contributed by atoms with E-state index in [1.807, 2.05) is 42.5 Å². The number of methoxy groups -OCH3 is 1. The first-order valence-electron chi connectivity index (χ1n) is 11.1. The summed E-state index contributed by atoms with van der Waals surface area (Å²) < 4.78 is 45.1. The molecule has 0 saturated heterocycles. The smallest absolute Gasteiger partial charge is 0.269 e. The Morgan fingerprint density at radius 2 is 1.66 bits per heavy atom. The molecule has 0 saturated carbocycles. The van der Waals surface area contributed by atoms with E-state index in [0.717, 1.165) is 21.0 Å². The normalized spacial score (nSPS) is 11.5. The first kappa shape index (κ1) is 24.6. The second kappa shape index (κ2) is 10.8. The number of hydrogen-bond acceptors (Lipinski definition) is 7. The predicted molar refractivity (Wildman–Crippen MR) is 133 cm³/mol. The molecule has 9 heteroatoms. The molecule has 35 heavy (non-hydrogen) atoms. The van der Waals surface area contributed by atoms with Crippen LogP contribution in [0.15, 0.2) is 82.5 Å². The van der Waals surface area contributed by atoms with E-state index in [1.165, 1.54) is 0 Å². The molecule has 2 heterocycles. The van der Waals surface area contributed by atoms with Gasteiger partial charge in [-0.3, -0.25) is 4.98 Å². The third kappa shape index (κ3) is 5.27. The lowest BCUT2D eigenvalue weighted by atomic mass is 10.0. The van der Waals surface area contributed by atoms with Crippen molar-refractivity contribution in [2.45, 2.75) is 18.7 Å². The molecule has 0 aliphatic rings. The van der Waals surface area contributed by atoms with Gasteiger partial charge in [-0.2, -0.15) is 0 Å². The highest BCUT2D eigenvalue weighted by Crippen LogP contribution is 2.34. The summed E-state index contributed by atoms with van der Waals surface area (Å²) >= 11 is 0. The summed E-state index contributed by atoms with van der Waals surface area (Å²) in [6, 6.07) is 18.4. The number of benzene rings is 2. The van der Waals surface area contributed by atoms with Crippen LogP contribution < -0.4 is 4.31 Å².